The molecule has 0 atom stereocenters. The van der Waals surface area contributed by atoms with Crippen LogP contribution in [0.2, 0.25) is 0 Å². The van der Waals surface area contributed by atoms with Gasteiger partial charge in [-0.15, -0.1) is 0 Å². The lowest BCUT2D eigenvalue weighted by atomic mass is 10.1. The highest BCUT2D eigenvalue weighted by Crippen LogP contribution is 2.22. The number of carbonyl (C=O) groups excluding carboxylic acids is 2. The molecular formula is C19H18N2O3. The van der Waals surface area contributed by atoms with Crippen LogP contribution in [-0.4, -0.2) is 23.8 Å². The normalized spacial score (nSPS) is 10.6. The largest absolute Gasteiger partial charge is 0.451 e. The van der Waals surface area contributed by atoms with Gasteiger partial charge < -0.3 is 14.6 Å². The fraction of sp³-hybridized carbons (Fsp3) is 0.158. The van der Waals surface area contributed by atoms with E-state index in [9.17, 15) is 9.59 Å². The minimum absolute atomic E-state index is 0.145. The van der Waals surface area contributed by atoms with E-state index in [4.69, 9.17) is 4.42 Å². The number of para-hydroxylation sites is 2. The summed E-state index contributed by atoms with van der Waals surface area (Å²) in [5.41, 5.74) is 2.25. The van der Waals surface area contributed by atoms with E-state index in [1.165, 1.54) is 6.92 Å². The molecule has 0 aliphatic heterocycles. The number of hydrogen-bond acceptors (Lipinski definition) is 3. The van der Waals surface area contributed by atoms with Crippen LogP contribution in [-0.2, 0) is 11.3 Å². The number of rotatable bonds is 4. The molecule has 0 saturated heterocycles. The van der Waals surface area contributed by atoms with Gasteiger partial charge in [0.1, 0.15) is 5.58 Å². The number of amides is 2. The molecule has 0 radical (unpaired) electrons. The summed E-state index contributed by atoms with van der Waals surface area (Å²) in [5.74, 6) is -0.0479. The average Bonchev–Trinajstić information content (AvgIpc) is 2.99. The van der Waals surface area contributed by atoms with E-state index in [1.807, 2.05) is 48.5 Å². The quantitative estimate of drug-likeness (QED) is 0.797. The SMILES string of the molecule is CC(=O)Nc1ccccc1CN(C)C(=O)c1cc2ccccc2o1. The third-order valence-electron chi connectivity index (χ3n) is 3.72. The molecule has 5 heteroatoms. The molecule has 24 heavy (non-hydrogen) atoms. The lowest BCUT2D eigenvalue weighted by Crippen LogP contribution is -2.26. The van der Waals surface area contributed by atoms with Crippen molar-refractivity contribution < 1.29 is 14.0 Å². The topological polar surface area (TPSA) is 62.6 Å². The van der Waals surface area contributed by atoms with Crippen molar-refractivity contribution in [3.8, 4) is 0 Å². The zero-order chi connectivity index (χ0) is 17.1. The first-order chi connectivity index (χ1) is 11.5. The first-order valence-corrected chi connectivity index (χ1v) is 7.64. The van der Waals surface area contributed by atoms with E-state index < -0.39 is 0 Å². The molecule has 1 heterocycles. The minimum atomic E-state index is -0.205. The molecule has 3 aromatic rings. The first-order valence-electron chi connectivity index (χ1n) is 7.64. The Morgan fingerprint density at radius 2 is 1.79 bits per heavy atom. The van der Waals surface area contributed by atoms with E-state index in [1.54, 1.807) is 18.0 Å². The number of fused-ring (bicyclic) bond motifs is 1. The van der Waals surface area contributed by atoms with Gasteiger partial charge in [0.05, 0.1) is 0 Å². The van der Waals surface area contributed by atoms with Crippen LogP contribution in [0.15, 0.2) is 59.0 Å². The molecular weight excluding hydrogens is 304 g/mol. The summed E-state index contributed by atoms with van der Waals surface area (Å²) in [4.78, 5) is 25.5. The number of furan rings is 1. The minimum Gasteiger partial charge on any atom is -0.451 e. The van der Waals surface area contributed by atoms with Crippen LogP contribution in [0.25, 0.3) is 11.0 Å². The molecule has 0 spiro atoms. The first kappa shape index (κ1) is 15.8. The fourth-order valence-electron chi connectivity index (χ4n) is 2.57. The second kappa shape index (κ2) is 6.58. The van der Waals surface area contributed by atoms with Crippen molar-refractivity contribution in [3.05, 3.63) is 65.9 Å². The second-order valence-electron chi connectivity index (χ2n) is 5.65. The maximum absolute atomic E-state index is 12.6. The van der Waals surface area contributed by atoms with Crippen molar-refractivity contribution in [2.45, 2.75) is 13.5 Å². The molecule has 0 unspecified atom stereocenters. The van der Waals surface area contributed by atoms with Gasteiger partial charge >= 0.3 is 0 Å². The average molecular weight is 322 g/mol. The molecule has 1 aromatic heterocycles. The van der Waals surface area contributed by atoms with Crippen LogP contribution < -0.4 is 5.32 Å². The highest BCUT2D eigenvalue weighted by molar-refractivity contribution is 5.96. The molecule has 1 N–H and O–H groups in total. The summed E-state index contributed by atoms with van der Waals surface area (Å²) in [7, 11) is 1.71. The Morgan fingerprint density at radius 1 is 1.08 bits per heavy atom. The highest BCUT2D eigenvalue weighted by atomic mass is 16.3. The Kier molecular flexibility index (Phi) is 4.33. The van der Waals surface area contributed by atoms with Gasteiger partial charge in [-0.05, 0) is 23.8 Å². The van der Waals surface area contributed by atoms with Crippen LogP contribution in [0, 0.1) is 0 Å². The standard InChI is InChI=1S/C19H18N2O3/c1-13(22)20-16-9-5-3-8-15(16)12-21(2)19(23)18-11-14-7-4-6-10-17(14)24-18/h3-11H,12H2,1-2H3,(H,20,22). The van der Waals surface area contributed by atoms with Gasteiger partial charge in [0.2, 0.25) is 5.91 Å². The Labute approximate surface area is 139 Å². The molecule has 2 aromatic carbocycles. The summed E-state index contributed by atoms with van der Waals surface area (Å²) >= 11 is 0. The van der Waals surface area contributed by atoms with Crippen LogP contribution in [0.5, 0.6) is 0 Å². The van der Waals surface area contributed by atoms with Crippen molar-refractivity contribution in [2.75, 3.05) is 12.4 Å². The summed E-state index contributed by atoms with van der Waals surface area (Å²) < 4.78 is 5.62. The number of anilines is 1. The smallest absolute Gasteiger partial charge is 0.289 e. The summed E-state index contributed by atoms with van der Waals surface area (Å²) in [6, 6.07) is 16.7. The van der Waals surface area contributed by atoms with Crippen molar-refractivity contribution >= 4 is 28.5 Å². The molecule has 3 rings (SSSR count). The maximum atomic E-state index is 12.6. The third-order valence-corrected chi connectivity index (χ3v) is 3.72. The van der Waals surface area contributed by atoms with Gasteiger partial charge in [0.25, 0.3) is 5.91 Å². The van der Waals surface area contributed by atoms with Gasteiger partial charge in [0, 0.05) is 31.6 Å². The van der Waals surface area contributed by atoms with Crippen LogP contribution >= 0.6 is 0 Å². The van der Waals surface area contributed by atoms with Gasteiger partial charge in [-0.1, -0.05) is 36.4 Å². The third kappa shape index (κ3) is 3.30. The number of carbonyl (C=O) groups is 2. The molecule has 122 valence electrons. The maximum Gasteiger partial charge on any atom is 0.289 e. The van der Waals surface area contributed by atoms with Gasteiger partial charge in [0.15, 0.2) is 5.76 Å². The Hall–Kier alpha value is -3.08. The predicted molar refractivity (Wildman–Crippen MR) is 92.8 cm³/mol. The van der Waals surface area contributed by atoms with E-state index in [0.29, 0.717) is 23.6 Å². The van der Waals surface area contributed by atoms with Crippen molar-refractivity contribution in [2.24, 2.45) is 0 Å². The Bertz CT molecular complexity index is 865. The predicted octanol–water partition coefficient (Wildman–Crippen LogP) is 3.66. The molecule has 5 nitrogen and oxygen atoms in total. The lowest BCUT2D eigenvalue weighted by Gasteiger charge is -2.18. The van der Waals surface area contributed by atoms with Crippen molar-refractivity contribution in [3.63, 3.8) is 0 Å². The van der Waals surface area contributed by atoms with Crippen LogP contribution in [0.1, 0.15) is 23.0 Å². The molecule has 0 saturated carbocycles. The van der Waals surface area contributed by atoms with Crippen LogP contribution in [0.3, 0.4) is 0 Å². The number of nitrogens with one attached hydrogen (secondary N) is 1. The summed E-state index contributed by atoms with van der Waals surface area (Å²) in [6.07, 6.45) is 0. The second-order valence-corrected chi connectivity index (χ2v) is 5.65. The van der Waals surface area contributed by atoms with E-state index in [0.717, 1.165) is 10.9 Å². The van der Waals surface area contributed by atoms with Crippen molar-refractivity contribution in [1.29, 1.82) is 0 Å². The van der Waals surface area contributed by atoms with Crippen LogP contribution in [0.4, 0.5) is 5.69 Å². The summed E-state index contributed by atoms with van der Waals surface area (Å²) in [5, 5.41) is 3.67. The monoisotopic (exact) mass is 322 g/mol. The molecule has 2 amide bonds. The van der Waals surface area contributed by atoms with Gasteiger partial charge in [-0.2, -0.15) is 0 Å². The zero-order valence-electron chi connectivity index (χ0n) is 13.6. The molecule has 0 aliphatic carbocycles. The van der Waals surface area contributed by atoms with Gasteiger partial charge in [-0.3, -0.25) is 9.59 Å². The number of nitrogens with zero attached hydrogens (tertiary/aromatic N) is 1. The Balaban J connectivity index is 1.80. The van der Waals surface area contributed by atoms with Gasteiger partial charge in [-0.25, -0.2) is 0 Å². The van der Waals surface area contributed by atoms with E-state index in [-0.39, 0.29) is 11.8 Å². The summed E-state index contributed by atoms with van der Waals surface area (Å²) in [6.45, 7) is 1.83. The van der Waals surface area contributed by atoms with E-state index in [2.05, 4.69) is 5.32 Å². The lowest BCUT2D eigenvalue weighted by molar-refractivity contribution is -0.114. The van der Waals surface area contributed by atoms with E-state index >= 15 is 0 Å². The zero-order valence-corrected chi connectivity index (χ0v) is 13.6. The fourth-order valence-corrected chi connectivity index (χ4v) is 2.57. The molecule has 0 fully saturated rings. The molecule has 0 bridgehead atoms. The Morgan fingerprint density at radius 3 is 2.54 bits per heavy atom. The number of benzene rings is 2. The highest BCUT2D eigenvalue weighted by Gasteiger charge is 2.18. The molecule has 0 aliphatic rings. The van der Waals surface area contributed by atoms with Crippen molar-refractivity contribution in [1.82, 2.24) is 4.90 Å². The number of hydrogen-bond donors (Lipinski definition) is 1.